The van der Waals surface area contributed by atoms with E-state index in [4.69, 9.17) is 4.74 Å². The monoisotopic (exact) mass is 308 g/mol. The Morgan fingerprint density at radius 1 is 1.36 bits per heavy atom. The van der Waals surface area contributed by atoms with Crippen molar-refractivity contribution < 1.29 is 23.5 Å². The number of nitrogens with zero attached hydrogens (tertiary/aromatic N) is 1. The zero-order valence-electron chi connectivity index (χ0n) is 12.2. The lowest BCUT2D eigenvalue weighted by Crippen LogP contribution is -2.31. The minimum absolute atomic E-state index is 0.210. The van der Waals surface area contributed by atoms with Crippen molar-refractivity contribution in [3.8, 4) is 0 Å². The summed E-state index contributed by atoms with van der Waals surface area (Å²) in [5.41, 5.74) is 1.34. The van der Waals surface area contributed by atoms with E-state index < -0.39 is 12.1 Å². The first kappa shape index (κ1) is 14.8. The van der Waals surface area contributed by atoms with E-state index in [1.165, 1.54) is 18.1 Å². The Bertz CT molecular complexity index is 607. The molecule has 0 spiro atoms. The highest BCUT2D eigenvalue weighted by Crippen LogP contribution is 2.26. The smallest absolute Gasteiger partial charge is 0.410 e. The van der Waals surface area contributed by atoms with E-state index >= 15 is 0 Å². The Balaban J connectivity index is 1.56. The number of carbonyl (C=O) groups excluding carboxylic acids is 2. The predicted octanol–water partition coefficient (Wildman–Crippen LogP) is 1.18. The molecule has 3 rings (SSSR count). The normalized spacial score (nSPS) is 23.3. The number of benzene rings is 1. The molecule has 0 aliphatic carbocycles. The molecule has 0 bridgehead atoms. The van der Waals surface area contributed by atoms with Gasteiger partial charge in [-0.05, 0) is 11.6 Å². The van der Waals surface area contributed by atoms with Gasteiger partial charge < -0.3 is 14.8 Å². The number of amides is 1. The van der Waals surface area contributed by atoms with Crippen LogP contribution < -0.4 is 5.32 Å². The lowest BCUT2D eigenvalue weighted by Gasteiger charge is -2.18. The molecule has 1 aromatic carbocycles. The first-order valence-electron chi connectivity index (χ1n) is 7.11. The molecule has 2 aliphatic heterocycles. The number of fused-ring (bicyclic) bond motifs is 1. The quantitative estimate of drug-likeness (QED) is 0.831. The minimum Gasteiger partial charge on any atom is -0.468 e. The summed E-state index contributed by atoms with van der Waals surface area (Å²) >= 11 is 0. The van der Waals surface area contributed by atoms with E-state index in [2.05, 4.69) is 10.1 Å². The maximum absolute atomic E-state index is 13.7. The number of hydrogen-bond donors (Lipinski definition) is 1. The van der Waals surface area contributed by atoms with Crippen molar-refractivity contribution >= 4 is 12.1 Å². The van der Waals surface area contributed by atoms with Crippen molar-refractivity contribution in [1.82, 2.24) is 10.2 Å². The van der Waals surface area contributed by atoms with E-state index in [0.29, 0.717) is 25.1 Å². The fraction of sp³-hybridized carbons (Fsp3) is 0.467. The lowest BCUT2D eigenvalue weighted by atomic mass is 10.1. The van der Waals surface area contributed by atoms with Crippen LogP contribution in [-0.4, -0.2) is 42.8 Å². The van der Waals surface area contributed by atoms with Crippen molar-refractivity contribution in [1.29, 1.82) is 0 Å². The van der Waals surface area contributed by atoms with Crippen molar-refractivity contribution in [2.45, 2.75) is 31.7 Å². The molecule has 6 nitrogen and oxygen atoms in total. The highest BCUT2D eigenvalue weighted by atomic mass is 19.1. The fourth-order valence-electron chi connectivity index (χ4n) is 2.84. The summed E-state index contributed by atoms with van der Waals surface area (Å²) in [6, 6.07) is 4.37. The van der Waals surface area contributed by atoms with Crippen LogP contribution in [0.25, 0.3) is 0 Å². The van der Waals surface area contributed by atoms with E-state index in [1.54, 1.807) is 12.1 Å². The Hall–Kier alpha value is -2.15. The number of rotatable bonds is 2. The fourth-order valence-corrected chi connectivity index (χ4v) is 2.84. The molecule has 2 atom stereocenters. The Kier molecular flexibility index (Phi) is 3.98. The molecular formula is C15H17FN2O4. The van der Waals surface area contributed by atoms with Crippen LogP contribution in [0.3, 0.4) is 0 Å². The molecule has 1 N–H and O–H groups in total. The lowest BCUT2D eigenvalue weighted by molar-refractivity contribution is -0.142. The highest BCUT2D eigenvalue weighted by molar-refractivity contribution is 5.76. The van der Waals surface area contributed by atoms with Crippen molar-refractivity contribution in [2.24, 2.45) is 0 Å². The first-order chi connectivity index (χ1) is 10.6. The van der Waals surface area contributed by atoms with Gasteiger partial charge >= 0.3 is 12.1 Å². The van der Waals surface area contributed by atoms with Gasteiger partial charge in [-0.25, -0.2) is 9.18 Å². The van der Waals surface area contributed by atoms with Crippen molar-refractivity contribution in [3.63, 3.8) is 0 Å². The van der Waals surface area contributed by atoms with Crippen LogP contribution in [0.1, 0.15) is 17.5 Å². The predicted molar refractivity (Wildman–Crippen MR) is 74.3 cm³/mol. The van der Waals surface area contributed by atoms with Gasteiger partial charge in [-0.15, -0.1) is 0 Å². The Morgan fingerprint density at radius 2 is 2.18 bits per heavy atom. The van der Waals surface area contributed by atoms with E-state index in [0.717, 1.165) is 5.56 Å². The number of carbonyl (C=O) groups is 2. The molecule has 2 aliphatic rings. The molecule has 22 heavy (non-hydrogen) atoms. The van der Waals surface area contributed by atoms with Gasteiger partial charge in [0.15, 0.2) is 0 Å². The summed E-state index contributed by atoms with van der Waals surface area (Å²) in [4.78, 5) is 25.0. The van der Waals surface area contributed by atoms with Crippen molar-refractivity contribution in [3.05, 3.63) is 35.1 Å². The summed E-state index contributed by atoms with van der Waals surface area (Å²) in [5, 5.41) is 2.95. The third-order valence-electron chi connectivity index (χ3n) is 4.03. The molecule has 1 aromatic rings. The maximum atomic E-state index is 13.7. The molecule has 2 heterocycles. The number of hydrogen-bond acceptors (Lipinski definition) is 5. The number of halogens is 1. The molecule has 1 amide bonds. The van der Waals surface area contributed by atoms with Crippen molar-refractivity contribution in [2.75, 3.05) is 13.7 Å². The summed E-state index contributed by atoms with van der Waals surface area (Å²) in [7, 11) is 1.32. The average molecular weight is 308 g/mol. The van der Waals surface area contributed by atoms with Gasteiger partial charge in [-0.3, -0.25) is 9.69 Å². The van der Waals surface area contributed by atoms with Gasteiger partial charge in [0.25, 0.3) is 0 Å². The van der Waals surface area contributed by atoms with Gasteiger partial charge in [-0.2, -0.15) is 0 Å². The van der Waals surface area contributed by atoms with Gasteiger partial charge in [0.1, 0.15) is 18.0 Å². The van der Waals surface area contributed by atoms with E-state index in [1.807, 2.05) is 0 Å². The van der Waals surface area contributed by atoms with E-state index in [-0.39, 0.29) is 24.4 Å². The Morgan fingerprint density at radius 3 is 2.91 bits per heavy atom. The number of nitrogens with one attached hydrogen (secondary N) is 1. The van der Waals surface area contributed by atoms with Gasteiger partial charge in [0, 0.05) is 25.1 Å². The summed E-state index contributed by atoms with van der Waals surface area (Å²) in [5.74, 6) is -0.671. The molecule has 1 fully saturated rings. The topological polar surface area (TPSA) is 67.9 Å². The number of esters is 1. The van der Waals surface area contributed by atoms with Crippen LogP contribution in [0.15, 0.2) is 18.2 Å². The third kappa shape index (κ3) is 2.76. The number of methoxy groups -OCH3 is 1. The molecule has 1 unspecified atom stereocenters. The van der Waals surface area contributed by atoms with Gasteiger partial charge in [0.2, 0.25) is 0 Å². The molecule has 0 aromatic heterocycles. The highest BCUT2D eigenvalue weighted by Gasteiger charge is 2.34. The largest absolute Gasteiger partial charge is 0.468 e. The second-order valence-electron chi connectivity index (χ2n) is 5.46. The van der Waals surface area contributed by atoms with Gasteiger partial charge in [-0.1, -0.05) is 12.1 Å². The zero-order chi connectivity index (χ0) is 15.7. The molecule has 7 heteroatoms. The second-order valence-corrected chi connectivity index (χ2v) is 5.46. The molecule has 1 saturated heterocycles. The van der Waals surface area contributed by atoms with E-state index in [9.17, 15) is 14.0 Å². The zero-order valence-corrected chi connectivity index (χ0v) is 12.2. The molecule has 0 saturated carbocycles. The van der Waals surface area contributed by atoms with Crippen LogP contribution in [-0.2, 0) is 27.4 Å². The third-order valence-corrected chi connectivity index (χ3v) is 4.03. The standard InChI is InChI=1S/C15H17FN2O4/c1-21-14(19)13-5-10(6-17-13)22-15(20)18-7-9-3-2-4-12(16)11(9)8-18/h2-4,10,13,17H,5-8H2,1H3/t10?,13-/m0/s1. The SMILES string of the molecule is COC(=O)[C@@H]1CC(OC(=O)N2Cc3cccc(F)c3C2)CN1. The van der Waals surface area contributed by atoms with Crippen LogP contribution in [0.5, 0.6) is 0 Å². The summed E-state index contributed by atoms with van der Waals surface area (Å²) < 4.78 is 23.7. The summed E-state index contributed by atoms with van der Waals surface area (Å²) in [6.45, 7) is 0.953. The van der Waals surface area contributed by atoms with Gasteiger partial charge in [0.05, 0.1) is 13.7 Å². The molecule has 0 radical (unpaired) electrons. The van der Waals surface area contributed by atoms with Crippen LogP contribution in [0.4, 0.5) is 9.18 Å². The Labute approximate surface area is 127 Å². The maximum Gasteiger partial charge on any atom is 0.410 e. The minimum atomic E-state index is -0.493. The number of ether oxygens (including phenoxy) is 2. The van der Waals surface area contributed by atoms with Crippen LogP contribution >= 0.6 is 0 Å². The molecule has 118 valence electrons. The summed E-state index contributed by atoms with van der Waals surface area (Å²) in [6.07, 6.45) is -0.494. The average Bonchev–Trinajstić information content (AvgIpc) is 3.13. The first-order valence-corrected chi connectivity index (χ1v) is 7.11. The molecular weight excluding hydrogens is 291 g/mol. The van der Waals surface area contributed by atoms with Crippen LogP contribution in [0.2, 0.25) is 0 Å². The second kappa shape index (κ2) is 5.92. The van der Waals surface area contributed by atoms with Crippen LogP contribution in [0, 0.1) is 5.82 Å².